The molecule has 1 rings (SSSR count). The zero-order valence-electron chi connectivity index (χ0n) is 17.4. The van der Waals surface area contributed by atoms with Crippen molar-refractivity contribution in [1.29, 1.82) is 0 Å². The van der Waals surface area contributed by atoms with Crippen LogP contribution in [-0.4, -0.2) is 48.5 Å². The first-order chi connectivity index (χ1) is 14.1. The van der Waals surface area contributed by atoms with Crippen molar-refractivity contribution in [2.24, 2.45) is 5.41 Å². The lowest BCUT2D eigenvalue weighted by atomic mass is 9.87. The van der Waals surface area contributed by atoms with E-state index in [0.717, 1.165) is 18.0 Å². The van der Waals surface area contributed by atoms with Gasteiger partial charge in [-0.3, -0.25) is 23.4 Å². The molecule has 1 saturated heterocycles. The topological polar surface area (TPSA) is 120 Å². The van der Waals surface area contributed by atoms with Gasteiger partial charge in [0.15, 0.2) is 11.2 Å². The molecule has 0 aromatic carbocycles. The monoisotopic (exact) mass is 460 g/mol. The summed E-state index contributed by atoms with van der Waals surface area (Å²) in [6.45, 7) is 8.90. The Labute approximate surface area is 181 Å². The molecule has 0 aromatic heterocycles. The van der Waals surface area contributed by atoms with Crippen molar-refractivity contribution in [2.75, 3.05) is 25.4 Å². The standard InChI is InChI=1S/C19H29N2O7PS/c1-5-6-7-8-12-26-29(25)27-14-19(3,4)17(28-29)18(24)21-10-9-16(23)20-11-13-30-15(2)22/h5-8,12,17H,1,9-11,13-14H2,2-4H3,(H,20,23)(H,21,24)/b7-6-,12-8+/t17-,29?/m0/s1. The fraction of sp³-hybridized carbons (Fsp3) is 0.526. The number of carbonyl (C=O) groups is 3. The minimum absolute atomic E-state index is 0.00694. The van der Waals surface area contributed by atoms with E-state index >= 15 is 0 Å². The van der Waals surface area contributed by atoms with Crippen LogP contribution in [0.4, 0.5) is 0 Å². The van der Waals surface area contributed by atoms with Crippen LogP contribution in [0.25, 0.3) is 0 Å². The van der Waals surface area contributed by atoms with Crippen molar-refractivity contribution < 1.29 is 32.5 Å². The van der Waals surface area contributed by atoms with Crippen molar-refractivity contribution in [3.63, 3.8) is 0 Å². The summed E-state index contributed by atoms with van der Waals surface area (Å²) in [5.74, 6) is -0.272. The fourth-order valence-corrected chi connectivity index (χ4v) is 4.26. The number of nitrogens with one attached hydrogen (secondary N) is 2. The first kappa shape index (κ1) is 26.2. The molecule has 0 spiro atoms. The van der Waals surface area contributed by atoms with E-state index in [0.29, 0.717) is 12.3 Å². The molecule has 1 unspecified atom stereocenters. The van der Waals surface area contributed by atoms with Gasteiger partial charge < -0.3 is 15.2 Å². The predicted octanol–water partition coefficient (Wildman–Crippen LogP) is 2.71. The number of allylic oxidation sites excluding steroid dienone is 4. The molecule has 0 aliphatic carbocycles. The van der Waals surface area contributed by atoms with Crippen LogP contribution >= 0.6 is 19.6 Å². The molecule has 2 atom stereocenters. The van der Waals surface area contributed by atoms with Gasteiger partial charge in [-0.15, -0.1) is 0 Å². The summed E-state index contributed by atoms with van der Waals surface area (Å²) in [6.07, 6.45) is 6.45. The number of carbonyl (C=O) groups excluding carboxylic acids is 3. The number of rotatable bonds is 11. The third-order valence-electron chi connectivity index (χ3n) is 3.78. The highest BCUT2D eigenvalue weighted by Gasteiger charge is 2.49. The summed E-state index contributed by atoms with van der Waals surface area (Å²) in [6, 6.07) is 0. The van der Waals surface area contributed by atoms with Crippen LogP contribution in [0.15, 0.2) is 37.1 Å². The third kappa shape index (κ3) is 9.75. The zero-order chi connectivity index (χ0) is 22.6. The van der Waals surface area contributed by atoms with Gasteiger partial charge in [-0.05, 0) is 6.08 Å². The second-order valence-electron chi connectivity index (χ2n) is 6.98. The number of phosphoric ester groups is 1. The Morgan fingerprint density at radius 3 is 2.63 bits per heavy atom. The van der Waals surface area contributed by atoms with Gasteiger partial charge in [0.05, 0.1) is 12.9 Å². The number of phosphoric acid groups is 1. The van der Waals surface area contributed by atoms with Crippen LogP contribution in [0.1, 0.15) is 27.2 Å². The van der Waals surface area contributed by atoms with Gasteiger partial charge in [-0.25, -0.2) is 4.57 Å². The molecule has 11 heteroatoms. The molecule has 30 heavy (non-hydrogen) atoms. The van der Waals surface area contributed by atoms with Crippen molar-refractivity contribution in [3.8, 4) is 0 Å². The second kappa shape index (κ2) is 12.7. The summed E-state index contributed by atoms with van der Waals surface area (Å²) in [7, 11) is -3.95. The number of hydrogen-bond acceptors (Lipinski definition) is 8. The quantitative estimate of drug-likeness (QED) is 0.209. The molecule has 0 radical (unpaired) electrons. The normalized spacial score (nSPS) is 23.2. The van der Waals surface area contributed by atoms with Crippen LogP contribution in [0, 0.1) is 5.41 Å². The Balaban J connectivity index is 2.51. The second-order valence-corrected chi connectivity index (χ2v) is 9.83. The number of hydrogen-bond donors (Lipinski definition) is 2. The highest BCUT2D eigenvalue weighted by molar-refractivity contribution is 8.13. The minimum Gasteiger partial charge on any atom is -0.412 e. The first-order valence-electron chi connectivity index (χ1n) is 9.33. The van der Waals surface area contributed by atoms with E-state index in [1.807, 2.05) is 0 Å². The van der Waals surface area contributed by atoms with Gasteiger partial charge in [0, 0.05) is 37.6 Å². The van der Waals surface area contributed by atoms with E-state index in [1.165, 1.54) is 13.0 Å². The van der Waals surface area contributed by atoms with Crippen LogP contribution < -0.4 is 10.6 Å². The summed E-state index contributed by atoms with van der Waals surface area (Å²) in [5.41, 5.74) is -0.750. The van der Waals surface area contributed by atoms with Crippen LogP contribution in [-0.2, 0) is 32.5 Å². The molecule has 0 aromatic rings. The van der Waals surface area contributed by atoms with Gasteiger partial charge in [-0.2, -0.15) is 0 Å². The SMILES string of the molecule is C=C/C=C\C=C\OP1(=O)OCC(C)(C)[C@H](C(=O)NCCC(=O)NCCSC(C)=O)O1. The molecule has 2 amide bonds. The third-order valence-corrected chi connectivity index (χ3v) is 5.89. The largest absolute Gasteiger partial charge is 0.530 e. The molecule has 0 saturated carbocycles. The summed E-state index contributed by atoms with van der Waals surface area (Å²) >= 11 is 1.13. The summed E-state index contributed by atoms with van der Waals surface area (Å²) in [4.78, 5) is 35.2. The maximum Gasteiger partial charge on any atom is 0.530 e. The van der Waals surface area contributed by atoms with Gasteiger partial charge >= 0.3 is 7.82 Å². The molecule has 9 nitrogen and oxygen atoms in total. The Hall–Kier alpha value is -1.87. The molecule has 1 fully saturated rings. The molecule has 168 valence electrons. The molecule has 1 aliphatic rings. The number of thioether (sulfide) groups is 1. The van der Waals surface area contributed by atoms with E-state index in [4.69, 9.17) is 13.6 Å². The van der Waals surface area contributed by atoms with Crippen LogP contribution in [0.5, 0.6) is 0 Å². The smallest absolute Gasteiger partial charge is 0.412 e. The van der Waals surface area contributed by atoms with Crippen molar-refractivity contribution >= 4 is 36.5 Å². The number of amides is 2. The van der Waals surface area contributed by atoms with E-state index < -0.39 is 25.2 Å². The van der Waals surface area contributed by atoms with E-state index in [1.54, 1.807) is 32.1 Å². The van der Waals surface area contributed by atoms with Gasteiger partial charge in [0.2, 0.25) is 5.91 Å². The molecule has 1 heterocycles. The van der Waals surface area contributed by atoms with Gasteiger partial charge in [0.25, 0.3) is 5.91 Å². The molecular weight excluding hydrogens is 431 g/mol. The van der Waals surface area contributed by atoms with E-state index in [9.17, 15) is 18.9 Å². The van der Waals surface area contributed by atoms with Gasteiger partial charge in [-0.1, -0.05) is 50.4 Å². The Morgan fingerprint density at radius 1 is 1.23 bits per heavy atom. The van der Waals surface area contributed by atoms with Crippen molar-refractivity contribution in [3.05, 3.63) is 37.1 Å². The highest BCUT2D eigenvalue weighted by atomic mass is 32.2. The zero-order valence-corrected chi connectivity index (χ0v) is 19.1. The highest BCUT2D eigenvalue weighted by Crippen LogP contribution is 2.57. The Kier molecular flexibility index (Phi) is 11.1. The average molecular weight is 460 g/mol. The van der Waals surface area contributed by atoms with Crippen LogP contribution in [0.3, 0.4) is 0 Å². The lowest BCUT2D eigenvalue weighted by Crippen LogP contribution is -2.50. The Bertz CT molecular complexity index is 736. The first-order valence-corrected chi connectivity index (χ1v) is 11.8. The molecule has 2 N–H and O–H groups in total. The fourth-order valence-electron chi connectivity index (χ4n) is 2.24. The van der Waals surface area contributed by atoms with Gasteiger partial charge in [0.1, 0.15) is 0 Å². The maximum absolute atomic E-state index is 12.6. The minimum atomic E-state index is -3.95. The van der Waals surface area contributed by atoms with Crippen molar-refractivity contribution in [2.45, 2.75) is 33.3 Å². The maximum atomic E-state index is 12.6. The summed E-state index contributed by atoms with van der Waals surface area (Å²) in [5, 5.41) is 5.26. The van der Waals surface area contributed by atoms with E-state index in [-0.39, 0.29) is 30.6 Å². The average Bonchev–Trinajstić information content (AvgIpc) is 2.67. The predicted molar refractivity (Wildman–Crippen MR) is 116 cm³/mol. The molecule has 1 aliphatic heterocycles. The van der Waals surface area contributed by atoms with E-state index in [2.05, 4.69) is 17.2 Å². The lowest BCUT2D eigenvalue weighted by Gasteiger charge is -2.38. The van der Waals surface area contributed by atoms with Crippen LogP contribution in [0.2, 0.25) is 0 Å². The lowest BCUT2D eigenvalue weighted by molar-refractivity contribution is -0.141. The summed E-state index contributed by atoms with van der Waals surface area (Å²) < 4.78 is 28.3. The molecular formula is C19H29N2O7PS. The Morgan fingerprint density at radius 2 is 1.97 bits per heavy atom. The van der Waals surface area contributed by atoms with Crippen molar-refractivity contribution in [1.82, 2.24) is 10.6 Å². The molecule has 0 bridgehead atoms.